The fraction of sp³-hybridized carbons (Fsp3) is 0.250. The zero-order valence-corrected chi connectivity index (χ0v) is 9.83. The number of aryl methyl sites for hydroxylation is 1. The summed E-state index contributed by atoms with van der Waals surface area (Å²) in [4.78, 5) is 20.7. The summed E-state index contributed by atoms with van der Waals surface area (Å²) in [6, 6.07) is 1.67. The van der Waals surface area contributed by atoms with Crippen molar-refractivity contribution in [1.29, 1.82) is 0 Å². The van der Waals surface area contributed by atoms with Crippen LogP contribution in [0.2, 0.25) is 0 Å². The number of carboxylic acids is 1. The van der Waals surface area contributed by atoms with Gasteiger partial charge in [0.1, 0.15) is 0 Å². The molecule has 2 aromatic rings. The van der Waals surface area contributed by atoms with Gasteiger partial charge in [-0.05, 0) is 30.9 Å². The number of carboxylic acid groups (broad SMARTS) is 1. The van der Waals surface area contributed by atoms with E-state index in [1.807, 2.05) is 0 Å². The van der Waals surface area contributed by atoms with Gasteiger partial charge in [-0.15, -0.1) is 11.3 Å². The van der Waals surface area contributed by atoms with E-state index in [-0.39, 0.29) is 0 Å². The zero-order valence-electron chi connectivity index (χ0n) is 9.01. The highest BCUT2D eigenvalue weighted by Gasteiger charge is 2.22. The molecule has 1 N–H and O–H groups in total. The molecule has 3 rings (SSSR count). The van der Waals surface area contributed by atoms with Crippen LogP contribution in [0.4, 0.5) is 0 Å². The SMILES string of the molecule is O=C(O)c1cc(-c2cncs2)nc2c1CCC2. The predicted octanol–water partition coefficient (Wildman–Crippen LogP) is 2.39. The number of aromatic nitrogens is 2. The number of thiazole rings is 1. The smallest absolute Gasteiger partial charge is 0.336 e. The normalized spacial score (nSPS) is 13.6. The molecule has 0 aliphatic heterocycles. The molecule has 0 atom stereocenters. The Morgan fingerprint density at radius 2 is 2.29 bits per heavy atom. The van der Waals surface area contributed by atoms with Crippen LogP contribution in [0, 0.1) is 0 Å². The van der Waals surface area contributed by atoms with E-state index in [1.165, 1.54) is 11.3 Å². The molecule has 0 unspecified atom stereocenters. The first-order valence-electron chi connectivity index (χ1n) is 5.40. The number of rotatable bonds is 2. The van der Waals surface area contributed by atoms with Crippen LogP contribution < -0.4 is 0 Å². The average molecular weight is 246 g/mol. The molecular formula is C12H10N2O2S. The number of aromatic carboxylic acids is 1. The van der Waals surface area contributed by atoms with Crippen molar-refractivity contribution >= 4 is 17.3 Å². The van der Waals surface area contributed by atoms with Crippen LogP contribution in [0.25, 0.3) is 10.6 Å². The molecule has 0 radical (unpaired) electrons. The van der Waals surface area contributed by atoms with E-state index < -0.39 is 5.97 Å². The summed E-state index contributed by atoms with van der Waals surface area (Å²) in [5.74, 6) is -0.865. The molecule has 4 nitrogen and oxygen atoms in total. The molecule has 2 heterocycles. The molecule has 1 aliphatic rings. The summed E-state index contributed by atoms with van der Waals surface area (Å²) in [5, 5.41) is 9.23. The van der Waals surface area contributed by atoms with Crippen molar-refractivity contribution in [2.75, 3.05) is 0 Å². The van der Waals surface area contributed by atoms with Crippen LogP contribution >= 0.6 is 11.3 Å². The first kappa shape index (κ1) is 10.4. The zero-order chi connectivity index (χ0) is 11.8. The standard InChI is InChI=1S/C12H10N2O2S/c15-12(16)8-4-10(11-5-13-6-17-11)14-9-3-1-2-7(8)9/h4-6H,1-3H2,(H,15,16). The van der Waals surface area contributed by atoms with E-state index >= 15 is 0 Å². The van der Waals surface area contributed by atoms with Gasteiger partial charge in [0.2, 0.25) is 0 Å². The fourth-order valence-corrected chi connectivity index (χ4v) is 2.78. The lowest BCUT2D eigenvalue weighted by Crippen LogP contribution is -2.04. The summed E-state index contributed by atoms with van der Waals surface area (Å²) < 4.78 is 0. The van der Waals surface area contributed by atoms with E-state index in [1.54, 1.807) is 17.8 Å². The van der Waals surface area contributed by atoms with Crippen LogP contribution in [-0.2, 0) is 12.8 Å². The Kier molecular flexibility index (Phi) is 2.40. The highest BCUT2D eigenvalue weighted by Crippen LogP contribution is 2.29. The van der Waals surface area contributed by atoms with Gasteiger partial charge in [0.25, 0.3) is 0 Å². The van der Waals surface area contributed by atoms with Gasteiger partial charge in [-0.3, -0.25) is 9.97 Å². The lowest BCUT2D eigenvalue weighted by Gasteiger charge is -2.06. The third-order valence-corrected chi connectivity index (χ3v) is 3.76. The van der Waals surface area contributed by atoms with Crippen molar-refractivity contribution in [1.82, 2.24) is 9.97 Å². The Morgan fingerprint density at radius 1 is 1.41 bits per heavy atom. The highest BCUT2D eigenvalue weighted by atomic mass is 32.1. The molecular weight excluding hydrogens is 236 g/mol. The minimum atomic E-state index is -0.865. The maximum atomic E-state index is 11.2. The number of nitrogens with zero attached hydrogens (tertiary/aromatic N) is 2. The first-order chi connectivity index (χ1) is 8.25. The molecule has 0 saturated heterocycles. The average Bonchev–Trinajstić information content (AvgIpc) is 2.98. The Morgan fingerprint density at radius 3 is 3.00 bits per heavy atom. The fourth-order valence-electron chi connectivity index (χ4n) is 2.20. The summed E-state index contributed by atoms with van der Waals surface area (Å²) in [5.41, 5.74) is 4.70. The molecule has 0 bridgehead atoms. The second-order valence-electron chi connectivity index (χ2n) is 4.00. The van der Waals surface area contributed by atoms with Gasteiger partial charge >= 0.3 is 5.97 Å². The Balaban J connectivity index is 2.20. The third kappa shape index (κ3) is 1.72. The second-order valence-corrected chi connectivity index (χ2v) is 4.89. The maximum absolute atomic E-state index is 11.2. The van der Waals surface area contributed by atoms with Crippen LogP contribution in [0.15, 0.2) is 17.8 Å². The molecule has 2 aromatic heterocycles. The van der Waals surface area contributed by atoms with Crippen molar-refractivity contribution in [2.45, 2.75) is 19.3 Å². The van der Waals surface area contributed by atoms with Crippen molar-refractivity contribution in [3.05, 3.63) is 34.6 Å². The largest absolute Gasteiger partial charge is 0.478 e. The van der Waals surface area contributed by atoms with E-state index in [4.69, 9.17) is 0 Å². The minimum Gasteiger partial charge on any atom is -0.478 e. The predicted molar refractivity (Wildman–Crippen MR) is 64.3 cm³/mol. The topological polar surface area (TPSA) is 63.1 Å². The van der Waals surface area contributed by atoms with Crippen molar-refractivity contribution in [3.8, 4) is 10.6 Å². The Labute approximate surface area is 102 Å². The molecule has 1 aliphatic carbocycles. The molecule has 5 heteroatoms. The van der Waals surface area contributed by atoms with E-state index in [0.29, 0.717) is 5.56 Å². The molecule has 0 aromatic carbocycles. The van der Waals surface area contributed by atoms with Gasteiger partial charge in [-0.2, -0.15) is 0 Å². The number of hydrogen-bond donors (Lipinski definition) is 1. The summed E-state index contributed by atoms with van der Waals surface area (Å²) in [7, 11) is 0. The second kappa shape index (κ2) is 3.92. The quantitative estimate of drug-likeness (QED) is 0.883. The number of carbonyl (C=O) groups is 1. The first-order valence-corrected chi connectivity index (χ1v) is 6.28. The van der Waals surface area contributed by atoms with E-state index in [9.17, 15) is 9.90 Å². The van der Waals surface area contributed by atoms with Crippen LogP contribution in [-0.4, -0.2) is 21.0 Å². The van der Waals surface area contributed by atoms with E-state index in [0.717, 1.165) is 41.1 Å². The number of fused-ring (bicyclic) bond motifs is 1. The molecule has 86 valence electrons. The third-order valence-electron chi connectivity index (χ3n) is 2.97. The summed E-state index contributed by atoms with van der Waals surface area (Å²) in [6.07, 6.45) is 4.42. The van der Waals surface area contributed by atoms with Crippen LogP contribution in [0.1, 0.15) is 28.0 Å². The summed E-state index contributed by atoms with van der Waals surface area (Å²) in [6.45, 7) is 0. The molecule has 0 saturated carbocycles. The van der Waals surface area contributed by atoms with Crippen molar-refractivity contribution in [3.63, 3.8) is 0 Å². The van der Waals surface area contributed by atoms with Crippen LogP contribution in [0.5, 0.6) is 0 Å². The van der Waals surface area contributed by atoms with Gasteiger partial charge in [-0.1, -0.05) is 0 Å². The minimum absolute atomic E-state index is 0.399. The van der Waals surface area contributed by atoms with Gasteiger partial charge < -0.3 is 5.11 Å². The molecule has 0 spiro atoms. The van der Waals surface area contributed by atoms with Gasteiger partial charge in [-0.25, -0.2) is 4.79 Å². The van der Waals surface area contributed by atoms with Crippen molar-refractivity contribution in [2.24, 2.45) is 0 Å². The molecule has 17 heavy (non-hydrogen) atoms. The number of hydrogen-bond acceptors (Lipinski definition) is 4. The molecule has 0 fully saturated rings. The van der Waals surface area contributed by atoms with E-state index in [2.05, 4.69) is 9.97 Å². The van der Waals surface area contributed by atoms with Crippen LogP contribution in [0.3, 0.4) is 0 Å². The Bertz CT molecular complexity index is 578. The summed E-state index contributed by atoms with van der Waals surface area (Å²) >= 11 is 1.48. The lowest BCUT2D eigenvalue weighted by molar-refractivity contribution is 0.0695. The maximum Gasteiger partial charge on any atom is 0.336 e. The lowest BCUT2D eigenvalue weighted by atomic mass is 10.1. The van der Waals surface area contributed by atoms with Gasteiger partial charge in [0, 0.05) is 11.9 Å². The highest BCUT2D eigenvalue weighted by molar-refractivity contribution is 7.13. The van der Waals surface area contributed by atoms with Gasteiger partial charge in [0.05, 0.1) is 21.6 Å². The monoisotopic (exact) mass is 246 g/mol. The van der Waals surface area contributed by atoms with Gasteiger partial charge in [0.15, 0.2) is 0 Å². The molecule has 0 amide bonds. The Hall–Kier alpha value is -1.75. The van der Waals surface area contributed by atoms with Crippen molar-refractivity contribution < 1.29 is 9.90 Å². The number of pyridine rings is 1.